The highest BCUT2D eigenvalue weighted by Gasteiger charge is 2.16. The van der Waals surface area contributed by atoms with E-state index in [1.807, 2.05) is 38.2 Å². The quantitative estimate of drug-likeness (QED) is 0.898. The molecule has 2 aromatic rings. The van der Waals surface area contributed by atoms with Gasteiger partial charge in [0.1, 0.15) is 11.5 Å². The predicted molar refractivity (Wildman–Crippen MR) is 75.2 cm³/mol. The maximum absolute atomic E-state index is 6.18. The van der Waals surface area contributed by atoms with Gasteiger partial charge in [-0.2, -0.15) is 0 Å². The first-order valence-electron chi connectivity index (χ1n) is 6.17. The van der Waals surface area contributed by atoms with Crippen LogP contribution < -0.4 is 5.32 Å². The second-order valence-electron chi connectivity index (χ2n) is 4.39. The Hall–Kier alpha value is -1.25. The second-order valence-corrected chi connectivity index (χ2v) is 4.80. The fraction of sp³-hybridized carbons (Fsp3) is 0.333. The number of aryl methyl sites for hydroxylation is 2. The highest BCUT2D eigenvalue weighted by molar-refractivity contribution is 6.31. The van der Waals surface area contributed by atoms with Crippen LogP contribution in [-0.4, -0.2) is 7.05 Å². The molecule has 0 aliphatic heterocycles. The Morgan fingerprint density at radius 1 is 1.28 bits per heavy atom. The summed E-state index contributed by atoms with van der Waals surface area (Å²) in [7, 11) is 1.92. The molecule has 3 heteroatoms. The predicted octanol–water partition coefficient (Wildman–Crippen LogP) is 4.11. The van der Waals surface area contributed by atoms with Crippen molar-refractivity contribution in [3.8, 4) is 0 Å². The number of rotatable bonds is 4. The van der Waals surface area contributed by atoms with Crippen LogP contribution in [0.4, 0.5) is 0 Å². The lowest BCUT2D eigenvalue weighted by Gasteiger charge is -2.15. The number of halogens is 1. The van der Waals surface area contributed by atoms with Crippen LogP contribution in [0, 0.1) is 6.92 Å². The van der Waals surface area contributed by atoms with Gasteiger partial charge in [0.2, 0.25) is 0 Å². The van der Waals surface area contributed by atoms with Gasteiger partial charge in [-0.1, -0.05) is 30.7 Å². The molecule has 0 amide bonds. The van der Waals surface area contributed by atoms with Crippen LogP contribution in [0.1, 0.15) is 35.6 Å². The highest BCUT2D eigenvalue weighted by atomic mass is 35.5. The average molecular weight is 264 g/mol. The SMILES string of the molecule is CCc1ccc(C(NC)c2ccc(C)c(Cl)c2)o1. The summed E-state index contributed by atoms with van der Waals surface area (Å²) in [4.78, 5) is 0. The van der Waals surface area contributed by atoms with Gasteiger partial charge in [-0.15, -0.1) is 0 Å². The van der Waals surface area contributed by atoms with E-state index in [0.29, 0.717) is 0 Å². The Labute approximate surface area is 113 Å². The standard InChI is InChI=1S/C15H18ClNO/c1-4-12-7-8-14(18-12)15(17-3)11-6-5-10(2)13(16)9-11/h5-9,15,17H,4H2,1-3H3. The van der Waals surface area contributed by atoms with Gasteiger partial charge < -0.3 is 9.73 Å². The molecule has 0 bridgehead atoms. The molecular weight excluding hydrogens is 246 g/mol. The molecule has 0 aliphatic rings. The molecule has 2 nitrogen and oxygen atoms in total. The first kappa shape index (κ1) is 13.2. The molecule has 0 aliphatic carbocycles. The minimum atomic E-state index is 0.0448. The summed E-state index contributed by atoms with van der Waals surface area (Å²) >= 11 is 6.18. The van der Waals surface area contributed by atoms with Crippen LogP contribution in [0.2, 0.25) is 5.02 Å². The zero-order valence-electron chi connectivity index (χ0n) is 11.0. The van der Waals surface area contributed by atoms with E-state index in [-0.39, 0.29) is 6.04 Å². The Bertz CT molecular complexity index is 533. The fourth-order valence-corrected chi connectivity index (χ4v) is 2.19. The largest absolute Gasteiger partial charge is 0.464 e. The molecule has 1 atom stereocenters. The van der Waals surface area contributed by atoms with Crippen molar-refractivity contribution in [2.75, 3.05) is 7.05 Å². The first-order chi connectivity index (χ1) is 8.65. The van der Waals surface area contributed by atoms with Crippen molar-refractivity contribution in [3.63, 3.8) is 0 Å². The van der Waals surface area contributed by atoms with Gasteiger partial charge in [0.15, 0.2) is 0 Å². The average Bonchev–Trinajstić information content (AvgIpc) is 2.83. The van der Waals surface area contributed by atoms with E-state index in [9.17, 15) is 0 Å². The molecule has 1 aromatic carbocycles. The van der Waals surface area contributed by atoms with Gasteiger partial charge in [0.05, 0.1) is 6.04 Å². The van der Waals surface area contributed by atoms with Crippen molar-refractivity contribution in [1.29, 1.82) is 0 Å². The van der Waals surface area contributed by atoms with Crippen molar-refractivity contribution in [2.24, 2.45) is 0 Å². The third-order valence-electron chi connectivity index (χ3n) is 3.13. The van der Waals surface area contributed by atoms with Gasteiger partial charge in [-0.25, -0.2) is 0 Å². The monoisotopic (exact) mass is 263 g/mol. The molecule has 1 aromatic heterocycles. The minimum Gasteiger partial charge on any atom is -0.464 e. The zero-order valence-corrected chi connectivity index (χ0v) is 11.7. The Kier molecular flexibility index (Phi) is 4.10. The van der Waals surface area contributed by atoms with Gasteiger partial charge in [-0.05, 0) is 43.3 Å². The van der Waals surface area contributed by atoms with Crippen molar-refractivity contribution in [3.05, 3.63) is 58.0 Å². The van der Waals surface area contributed by atoms with E-state index in [1.165, 1.54) is 0 Å². The number of benzene rings is 1. The number of hydrogen-bond acceptors (Lipinski definition) is 2. The lowest BCUT2D eigenvalue weighted by molar-refractivity contribution is 0.434. The molecule has 1 heterocycles. The third-order valence-corrected chi connectivity index (χ3v) is 3.54. The van der Waals surface area contributed by atoms with E-state index in [0.717, 1.165) is 34.1 Å². The van der Waals surface area contributed by atoms with E-state index >= 15 is 0 Å². The molecular formula is C15H18ClNO. The molecule has 0 fully saturated rings. The lowest BCUT2D eigenvalue weighted by atomic mass is 10.0. The first-order valence-corrected chi connectivity index (χ1v) is 6.55. The minimum absolute atomic E-state index is 0.0448. The van der Waals surface area contributed by atoms with Crippen LogP contribution >= 0.6 is 11.6 Å². The number of hydrogen-bond donors (Lipinski definition) is 1. The number of nitrogens with one attached hydrogen (secondary N) is 1. The summed E-state index contributed by atoms with van der Waals surface area (Å²) in [5, 5.41) is 4.05. The third kappa shape index (κ3) is 2.60. The van der Waals surface area contributed by atoms with Crippen LogP contribution in [0.3, 0.4) is 0 Å². The van der Waals surface area contributed by atoms with E-state index in [1.54, 1.807) is 0 Å². The smallest absolute Gasteiger partial charge is 0.125 e. The molecule has 1 unspecified atom stereocenters. The summed E-state index contributed by atoms with van der Waals surface area (Å²) < 4.78 is 5.80. The molecule has 1 N–H and O–H groups in total. The lowest BCUT2D eigenvalue weighted by Crippen LogP contribution is -2.17. The van der Waals surface area contributed by atoms with Crippen LogP contribution in [0.15, 0.2) is 34.7 Å². The molecule has 0 spiro atoms. The normalized spacial score (nSPS) is 12.7. The van der Waals surface area contributed by atoms with E-state index in [4.69, 9.17) is 16.0 Å². The summed E-state index contributed by atoms with van der Waals surface area (Å²) in [6.45, 7) is 4.09. The van der Waals surface area contributed by atoms with Gasteiger partial charge in [0, 0.05) is 11.4 Å². The molecule has 96 valence electrons. The highest BCUT2D eigenvalue weighted by Crippen LogP contribution is 2.27. The Morgan fingerprint density at radius 2 is 2.06 bits per heavy atom. The zero-order chi connectivity index (χ0) is 13.1. The molecule has 2 rings (SSSR count). The molecule has 0 saturated heterocycles. The summed E-state index contributed by atoms with van der Waals surface area (Å²) in [5.41, 5.74) is 2.20. The van der Waals surface area contributed by atoms with Crippen molar-refractivity contribution in [2.45, 2.75) is 26.3 Å². The van der Waals surface area contributed by atoms with Crippen LogP contribution in [-0.2, 0) is 6.42 Å². The molecule has 0 saturated carbocycles. The summed E-state index contributed by atoms with van der Waals surface area (Å²) in [6.07, 6.45) is 0.908. The second kappa shape index (κ2) is 5.59. The van der Waals surface area contributed by atoms with E-state index < -0.39 is 0 Å². The van der Waals surface area contributed by atoms with Crippen molar-refractivity contribution >= 4 is 11.6 Å². The van der Waals surface area contributed by atoms with Crippen molar-refractivity contribution in [1.82, 2.24) is 5.32 Å². The maximum atomic E-state index is 6.18. The molecule has 18 heavy (non-hydrogen) atoms. The fourth-order valence-electron chi connectivity index (χ4n) is 2.00. The van der Waals surface area contributed by atoms with Gasteiger partial charge in [-0.3, -0.25) is 0 Å². The van der Waals surface area contributed by atoms with Gasteiger partial charge >= 0.3 is 0 Å². The topological polar surface area (TPSA) is 25.2 Å². The summed E-state index contributed by atoms with van der Waals surface area (Å²) in [5.74, 6) is 1.93. The summed E-state index contributed by atoms with van der Waals surface area (Å²) in [6, 6.07) is 10.2. The molecule has 0 radical (unpaired) electrons. The Morgan fingerprint density at radius 3 is 2.61 bits per heavy atom. The van der Waals surface area contributed by atoms with E-state index in [2.05, 4.69) is 18.3 Å². The maximum Gasteiger partial charge on any atom is 0.125 e. The van der Waals surface area contributed by atoms with Crippen molar-refractivity contribution < 1.29 is 4.42 Å². The van der Waals surface area contributed by atoms with Crippen LogP contribution in [0.25, 0.3) is 0 Å². The Balaban J connectivity index is 2.35. The van der Waals surface area contributed by atoms with Crippen LogP contribution in [0.5, 0.6) is 0 Å². The van der Waals surface area contributed by atoms with Gasteiger partial charge in [0.25, 0.3) is 0 Å². The number of furan rings is 1.